The van der Waals surface area contributed by atoms with E-state index in [-0.39, 0.29) is 17.4 Å². The third kappa shape index (κ3) is 4.68. The SMILES string of the molecule is Cc1ccc(S(=O)(=O)OP(=O)(O)OCCCl)cc1. The molecule has 18 heavy (non-hydrogen) atoms. The van der Waals surface area contributed by atoms with E-state index in [1.165, 1.54) is 24.3 Å². The predicted octanol–water partition coefficient (Wildman–Crippen LogP) is 2.06. The molecule has 0 spiro atoms. The standard InChI is InChI=1S/C9H12ClO6PS/c1-8-2-4-9(5-3-8)18(13,14)16-17(11,12)15-7-6-10/h2-5H,6-7H2,1H3,(H,11,12). The first kappa shape index (κ1) is 15.6. The van der Waals surface area contributed by atoms with E-state index in [4.69, 9.17) is 11.6 Å². The molecule has 0 aliphatic heterocycles. The Labute approximate surface area is 110 Å². The van der Waals surface area contributed by atoms with Crippen molar-refractivity contribution in [2.75, 3.05) is 12.5 Å². The van der Waals surface area contributed by atoms with Gasteiger partial charge in [-0.05, 0) is 19.1 Å². The summed E-state index contributed by atoms with van der Waals surface area (Å²) in [5.41, 5.74) is 0.847. The summed E-state index contributed by atoms with van der Waals surface area (Å²) in [5, 5.41) is 0. The molecule has 102 valence electrons. The van der Waals surface area contributed by atoms with Gasteiger partial charge in [0.05, 0.1) is 11.5 Å². The van der Waals surface area contributed by atoms with Crippen LogP contribution in [0.3, 0.4) is 0 Å². The van der Waals surface area contributed by atoms with Crippen LogP contribution in [0.5, 0.6) is 0 Å². The Morgan fingerprint density at radius 1 is 1.33 bits per heavy atom. The Kier molecular flexibility index (Phi) is 5.33. The Bertz CT molecular complexity index is 541. The van der Waals surface area contributed by atoms with Crippen molar-refractivity contribution in [1.29, 1.82) is 0 Å². The average Bonchev–Trinajstić information content (AvgIpc) is 2.25. The van der Waals surface area contributed by atoms with Gasteiger partial charge in [0, 0.05) is 5.88 Å². The van der Waals surface area contributed by atoms with Gasteiger partial charge in [0.25, 0.3) is 0 Å². The Balaban J connectivity index is 2.88. The zero-order chi connectivity index (χ0) is 13.8. The van der Waals surface area contributed by atoms with Gasteiger partial charge in [0.1, 0.15) is 0 Å². The minimum absolute atomic E-state index is 0.0571. The van der Waals surface area contributed by atoms with Gasteiger partial charge in [-0.25, -0.2) is 4.57 Å². The van der Waals surface area contributed by atoms with Gasteiger partial charge < -0.3 is 4.89 Å². The molecule has 1 atom stereocenters. The molecule has 1 N–H and O–H groups in total. The summed E-state index contributed by atoms with van der Waals surface area (Å²) in [4.78, 5) is 8.95. The fourth-order valence-electron chi connectivity index (χ4n) is 1.04. The second-order valence-corrected chi connectivity index (χ2v) is 6.88. The van der Waals surface area contributed by atoms with E-state index in [9.17, 15) is 17.9 Å². The molecule has 0 heterocycles. The summed E-state index contributed by atoms with van der Waals surface area (Å²) >= 11 is 5.25. The largest absolute Gasteiger partial charge is 0.487 e. The smallest absolute Gasteiger partial charge is 0.302 e. The molecule has 0 saturated carbocycles. The maximum atomic E-state index is 11.7. The number of aryl methyl sites for hydroxylation is 1. The lowest BCUT2D eigenvalue weighted by Crippen LogP contribution is -2.07. The van der Waals surface area contributed by atoms with E-state index >= 15 is 0 Å². The molecule has 1 rings (SSSR count). The first-order valence-electron chi connectivity index (χ1n) is 4.83. The summed E-state index contributed by atoms with van der Waals surface area (Å²) in [6.07, 6.45) is 0. The minimum Gasteiger partial charge on any atom is -0.302 e. The second kappa shape index (κ2) is 6.14. The highest BCUT2D eigenvalue weighted by Gasteiger charge is 2.30. The van der Waals surface area contributed by atoms with Crippen molar-refractivity contribution in [3.8, 4) is 0 Å². The third-order valence-corrected chi connectivity index (χ3v) is 4.88. The molecule has 0 amide bonds. The van der Waals surface area contributed by atoms with Crippen LogP contribution in [-0.2, 0) is 23.2 Å². The molecule has 1 aromatic carbocycles. The number of halogens is 1. The highest BCUT2D eigenvalue weighted by molar-refractivity contribution is 7.90. The van der Waals surface area contributed by atoms with Crippen LogP contribution in [0, 0.1) is 6.92 Å². The van der Waals surface area contributed by atoms with Crippen molar-refractivity contribution < 1.29 is 26.4 Å². The van der Waals surface area contributed by atoms with Crippen LogP contribution in [0.15, 0.2) is 29.2 Å². The molecule has 0 bridgehead atoms. The molecule has 0 aliphatic rings. The van der Waals surface area contributed by atoms with Crippen LogP contribution < -0.4 is 0 Å². The highest BCUT2D eigenvalue weighted by atomic mass is 35.5. The number of benzene rings is 1. The highest BCUT2D eigenvalue weighted by Crippen LogP contribution is 2.46. The molecule has 0 fully saturated rings. The third-order valence-electron chi connectivity index (χ3n) is 1.83. The quantitative estimate of drug-likeness (QED) is 0.638. The van der Waals surface area contributed by atoms with E-state index in [1.54, 1.807) is 6.92 Å². The number of rotatable bonds is 6. The van der Waals surface area contributed by atoms with Gasteiger partial charge in [-0.15, -0.1) is 11.6 Å². The number of alkyl halides is 1. The lowest BCUT2D eigenvalue weighted by molar-refractivity contribution is 0.216. The number of phosphoric acid groups is 1. The lowest BCUT2D eigenvalue weighted by atomic mass is 10.2. The topological polar surface area (TPSA) is 89.9 Å². The fourth-order valence-corrected chi connectivity index (χ4v) is 3.53. The van der Waals surface area contributed by atoms with Crippen LogP contribution in [0.4, 0.5) is 0 Å². The molecule has 0 radical (unpaired) electrons. The molecule has 9 heteroatoms. The summed E-state index contributed by atoms with van der Waals surface area (Å²) in [6.45, 7) is 1.48. The van der Waals surface area contributed by atoms with E-state index in [0.717, 1.165) is 5.56 Å². The molecular weight excluding hydrogens is 303 g/mol. The number of phosphoric ester groups is 1. The fraction of sp³-hybridized carbons (Fsp3) is 0.333. The van der Waals surface area contributed by atoms with Gasteiger partial charge in [-0.3, -0.25) is 4.52 Å². The van der Waals surface area contributed by atoms with Gasteiger partial charge in [-0.2, -0.15) is 12.4 Å². The number of hydrogen-bond acceptors (Lipinski definition) is 5. The van der Waals surface area contributed by atoms with E-state index < -0.39 is 17.9 Å². The summed E-state index contributed by atoms with van der Waals surface area (Å²) < 4.78 is 43.1. The van der Waals surface area contributed by atoms with Gasteiger partial charge >= 0.3 is 17.9 Å². The maximum absolute atomic E-state index is 11.7. The van der Waals surface area contributed by atoms with Crippen molar-refractivity contribution in [3.05, 3.63) is 29.8 Å². The second-order valence-electron chi connectivity index (χ2n) is 3.33. The van der Waals surface area contributed by atoms with Crippen LogP contribution in [0.25, 0.3) is 0 Å². The predicted molar refractivity (Wildman–Crippen MR) is 65.9 cm³/mol. The Morgan fingerprint density at radius 3 is 2.39 bits per heavy atom. The Morgan fingerprint density at radius 2 is 1.89 bits per heavy atom. The van der Waals surface area contributed by atoms with Crippen LogP contribution in [-0.4, -0.2) is 25.8 Å². The normalized spacial score (nSPS) is 15.3. The summed E-state index contributed by atoms with van der Waals surface area (Å²) in [7, 11) is -9.03. The van der Waals surface area contributed by atoms with Crippen molar-refractivity contribution in [2.45, 2.75) is 11.8 Å². The van der Waals surface area contributed by atoms with Crippen molar-refractivity contribution in [2.24, 2.45) is 0 Å². The zero-order valence-corrected chi connectivity index (χ0v) is 11.9. The molecule has 6 nitrogen and oxygen atoms in total. The minimum atomic E-state index is -4.68. The Hall–Kier alpha value is -0.430. The van der Waals surface area contributed by atoms with E-state index in [0.29, 0.717) is 0 Å². The monoisotopic (exact) mass is 314 g/mol. The zero-order valence-electron chi connectivity index (χ0n) is 9.45. The van der Waals surface area contributed by atoms with Gasteiger partial charge in [0.2, 0.25) is 0 Å². The number of hydrogen-bond donors (Lipinski definition) is 1. The van der Waals surface area contributed by atoms with E-state index in [2.05, 4.69) is 8.49 Å². The van der Waals surface area contributed by atoms with Crippen LogP contribution in [0.1, 0.15) is 5.56 Å². The molecule has 0 saturated heterocycles. The average molecular weight is 315 g/mol. The van der Waals surface area contributed by atoms with Gasteiger partial charge in [-0.1, -0.05) is 17.7 Å². The van der Waals surface area contributed by atoms with Gasteiger partial charge in [0.15, 0.2) is 0 Å². The summed E-state index contributed by atoms with van der Waals surface area (Å²) in [5.74, 6) is -0.0571. The molecular formula is C9H12ClO6PS. The summed E-state index contributed by atoms with van der Waals surface area (Å²) in [6, 6.07) is 5.62. The van der Waals surface area contributed by atoms with Crippen molar-refractivity contribution >= 4 is 29.5 Å². The van der Waals surface area contributed by atoms with Crippen LogP contribution >= 0.6 is 19.4 Å². The van der Waals surface area contributed by atoms with Crippen molar-refractivity contribution in [1.82, 2.24) is 0 Å². The molecule has 1 aromatic rings. The van der Waals surface area contributed by atoms with Crippen LogP contribution in [0.2, 0.25) is 0 Å². The van der Waals surface area contributed by atoms with Crippen molar-refractivity contribution in [3.63, 3.8) is 0 Å². The first-order chi connectivity index (χ1) is 8.27. The lowest BCUT2D eigenvalue weighted by Gasteiger charge is -2.11. The molecule has 1 unspecified atom stereocenters. The molecule has 0 aliphatic carbocycles. The van der Waals surface area contributed by atoms with E-state index in [1.807, 2.05) is 0 Å². The molecule has 0 aromatic heterocycles. The first-order valence-corrected chi connectivity index (χ1v) is 8.27. The maximum Gasteiger partial charge on any atom is 0.487 e.